The lowest BCUT2D eigenvalue weighted by molar-refractivity contribution is -0.0641. The van der Waals surface area contributed by atoms with E-state index in [0.29, 0.717) is 5.92 Å². The molecule has 4 nitrogen and oxygen atoms in total. The maximum atomic E-state index is 5.86. The fourth-order valence-corrected chi connectivity index (χ4v) is 3.08. The molecule has 1 aliphatic rings. The summed E-state index contributed by atoms with van der Waals surface area (Å²) < 4.78 is 5.86. The second kappa shape index (κ2) is 6.53. The van der Waals surface area contributed by atoms with Crippen molar-refractivity contribution in [1.29, 1.82) is 0 Å². The highest BCUT2D eigenvalue weighted by Crippen LogP contribution is 2.41. The lowest BCUT2D eigenvalue weighted by atomic mass is 9.78. The molecule has 1 saturated carbocycles. The Labute approximate surface area is 116 Å². The van der Waals surface area contributed by atoms with Crippen LogP contribution in [0, 0.1) is 5.92 Å². The molecule has 0 saturated heterocycles. The first kappa shape index (κ1) is 14.5. The molecule has 2 atom stereocenters. The predicted molar refractivity (Wildman–Crippen MR) is 76.9 cm³/mol. The van der Waals surface area contributed by atoms with E-state index >= 15 is 0 Å². The van der Waals surface area contributed by atoms with Crippen molar-refractivity contribution >= 4 is 0 Å². The monoisotopic (exact) mass is 265 g/mol. The second-order valence-electron chi connectivity index (χ2n) is 5.83. The topological polar surface area (TPSA) is 49.9 Å². The van der Waals surface area contributed by atoms with Crippen LogP contribution in [0.5, 0.6) is 0 Å². The zero-order chi connectivity index (χ0) is 13.7. The Morgan fingerprint density at radius 3 is 3.11 bits per heavy atom. The summed E-state index contributed by atoms with van der Waals surface area (Å²) in [6.07, 6.45) is 7.76. The molecule has 1 aromatic heterocycles. The van der Waals surface area contributed by atoms with Crippen molar-refractivity contribution in [3.63, 3.8) is 0 Å². The van der Waals surface area contributed by atoms with Gasteiger partial charge in [0.1, 0.15) is 11.4 Å². The van der Waals surface area contributed by atoms with Crippen LogP contribution in [0.25, 0.3) is 0 Å². The van der Waals surface area contributed by atoms with Gasteiger partial charge >= 0.3 is 0 Å². The molecule has 108 valence electrons. The minimum atomic E-state index is -0.194. The number of hydrogen-bond acceptors (Lipinski definition) is 3. The Balaban J connectivity index is 2.06. The number of methoxy groups -OCH3 is 1. The lowest BCUT2D eigenvalue weighted by Gasteiger charge is -2.37. The van der Waals surface area contributed by atoms with Crippen molar-refractivity contribution < 1.29 is 4.74 Å². The van der Waals surface area contributed by atoms with E-state index in [4.69, 9.17) is 4.74 Å². The third-order valence-electron chi connectivity index (χ3n) is 4.15. The summed E-state index contributed by atoms with van der Waals surface area (Å²) in [4.78, 5) is 8.03. The fourth-order valence-electron chi connectivity index (χ4n) is 3.08. The zero-order valence-corrected chi connectivity index (χ0v) is 12.5. The van der Waals surface area contributed by atoms with Crippen LogP contribution >= 0.6 is 0 Å². The van der Waals surface area contributed by atoms with E-state index in [-0.39, 0.29) is 5.60 Å². The first-order chi connectivity index (χ1) is 9.20. The van der Waals surface area contributed by atoms with Crippen LogP contribution in [0.1, 0.15) is 57.5 Å². The van der Waals surface area contributed by atoms with Crippen molar-refractivity contribution in [2.75, 3.05) is 13.7 Å². The second-order valence-corrected chi connectivity index (χ2v) is 5.83. The van der Waals surface area contributed by atoms with Gasteiger partial charge in [-0.25, -0.2) is 4.98 Å². The van der Waals surface area contributed by atoms with Crippen molar-refractivity contribution in [1.82, 2.24) is 15.3 Å². The van der Waals surface area contributed by atoms with E-state index in [1.54, 1.807) is 0 Å². The number of H-pyrrole nitrogens is 1. The molecule has 0 bridgehead atoms. The largest absolute Gasteiger partial charge is 0.370 e. The number of imidazole rings is 1. The SMILES string of the molecule is CCCNCc1cnc(C2(OC)CCCC(C)C2)[nH]1. The number of nitrogens with zero attached hydrogens (tertiary/aromatic N) is 1. The molecule has 1 fully saturated rings. The Kier molecular flexibility index (Phi) is 4.99. The number of nitrogens with one attached hydrogen (secondary N) is 2. The summed E-state index contributed by atoms with van der Waals surface area (Å²) in [5.41, 5.74) is 0.957. The van der Waals surface area contributed by atoms with Crippen LogP contribution in [-0.2, 0) is 16.9 Å². The smallest absolute Gasteiger partial charge is 0.138 e. The molecule has 0 radical (unpaired) electrons. The Morgan fingerprint density at radius 1 is 1.58 bits per heavy atom. The summed E-state index contributed by atoms with van der Waals surface area (Å²) in [5, 5.41) is 3.39. The summed E-state index contributed by atoms with van der Waals surface area (Å²) in [6, 6.07) is 0. The average Bonchev–Trinajstić information content (AvgIpc) is 2.88. The highest BCUT2D eigenvalue weighted by atomic mass is 16.5. The van der Waals surface area contributed by atoms with Crippen LogP contribution in [0.4, 0.5) is 0 Å². The van der Waals surface area contributed by atoms with Crippen molar-refractivity contribution in [2.24, 2.45) is 5.92 Å². The van der Waals surface area contributed by atoms with Gasteiger partial charge in [0.15, 0.2) is 0 Å². The van der Waals surface area contributed by atoms with Gasteiger partial charge in [0, 0.05) is 25.5 Å². The van der Waals surface area contributed by atoms with E-state index in [2.05, 4.69) is 29.1 Å². The number of hydrogen-bond donors (Lipinski definition) is 2. The molecule has 0 aliphatic heterocycles. The molecular formula is C15H27N3O. The Morgan fingerprint density at radius 2 is 2.42 bits per heavy atom. The van der Waals surface area contributed by atoms with Crippen molar-refractivity contribution in [3.8, 4) is 0 Å². The van der Waals surface area contributed by atoms with Crippen LogP contribution in [0.15, 0.2) is 6.20 Å². The lowest BCUT2D eigenvalue weighted by Crippen LogP contribution is -2.35. The number of aromatic amines is 1. The molecular weight excluding hydrogens is 238 g/mol. The minimum Gasteiger partial charge on any atom is -0.370 e. The molecule has 0 spiro atoms. The van der Waals surface area contributed by atoms with Crippen LogP contribution in [0.3, 0.4) is 0 Å². The van der Waals surface area contributed by atoms with E-state index in [1.807, 2.05) is 13.3 Å². The number of ether oxygens (including phenoxy) is 1. The third-order valence-corrected chi connectivity index (χ3v) is 4.15. The standard InChI is InChI=1S/C15H27N3O/c1-4-8-16-10-13-11-17-14(18-13)15(19-3)7-5-6-12(2)9-15/h11-12,16H,4-10H2,1-3H3,(H,17,18). The first-order valence-corrected chi connectivity index (χ1v) is 7.50. The van der Waals surface area contributed by atoms with E-state index in [9.17, 15) is 0 Å². The van der Waals surface area contributed by atoms with Gasteiger partial charge in [-0.05, 0) is 38.1 Å². The van der Waals surface area contributed by atoms with Crippen molar-refractivity contribution in [3.05, 3.63) is 17.7 Å². The molecule has 4 heteroatoms. The molecule has 2 N–H and O–H groups in total. The quantitative estimate of drug-likeness (QED) is 0.777. The minimum absolute atomic E-state index is 0.194. The van der Waals surface area contributed by atoms with Gasteiger partial charge in [-0.2, -0.15) is 0 Å². The highest BCUT2D eigenvalue weighted by Gasteiger charge is 2.39. The van der Waals surface area contributed by atoms with Gasteiger partial charge in [0.2, 0.25) is 0 Å². The normalized spacial score (nSPS) is 27.6. The average molecular weight is 265 g/mol. The summed E-state index contributed by atoms with van der Waals surface area (Å²) in [6.45, 7) is 6.38. The van der Waals surface area contributed by atoms with Crippen molar-refractivity contribution in [2.45, 2.75) is 58.1 Å². The predicted octanol–water partition coefficient (Wildman–Crippen LogP) is 2.96. The third kappa shape index (κ3) is 3.37. The van der Waals surface area contributed by atoms with Gasteiger partial charge in [0.25, 0.3) is 0 Å². The number of aromatic nitrogens is 2. The molecule has 19 heavy (non-hydrogen) atoms. The van der Waals surface area contributed by atoms with Gasteiger partial charge in [-0.1, -0.05) is 20.3 Å². The maximum Gasteiger partial charge on any atom is 0.138 e. The van der Waals surface area contributed by atoms with E-state index in [0.717, 1.165) is 43.9 Å². The molecule has 0 aromatic carbocycles. The van der Waals surface area contributed by atoms with Crippen LogP contribution in [0.2, 0.25) is 0 Å². The molecule has 1 aliphatic carbocycles. The fraction of sp³-hybridized carbons (Fsp3) is 0.800. The molecule has 1 aromatic rings. The first-order valence-electron chi connectivity index (χ1n) is 7.50. The van der Waals surface area contributed by atoms with Gasteiger partial charge < -0.3 is 15.0 Å². The van der Waals surface area contributed by atoms with E-state index < -0.39 is 0 Å². The number of rotatable bonds is 6. The van der Waals surface area contributed by atoms with Gasteiger partial charge in [-0.3, -0.25) is 0 Å². The van der Waals surface area contributed by atoms with E-state index in [1.165, 1.54) is 12.8 Å². The van der Waals surface area contributed by atoms with Crippen LogP contribution in [-0.4, -0.2) is 23.6 Å². The summed E-state index contributed by atoms with van der Waals surface area (Å²) >= 11 is 0. The summed E-state index contributed by atoms with van der Waals surface area (Å²) in [7, 11) is 1.82. The maximum absolute atomic E-state index is 5.86. The highest BCUT2D eigenvalue weighted by molar-refractivity contribution is 5.10. The van der Waals surface area contributed by atoms with Gasteiger partial charge in [0.05, 0.1) is 0 Å². The Bertz CT molecular complexity index is 390. The Hall–Kier alpha value is -0.870. The van der Waals surface area contributed by atoms with Crippen LogP contribution < -0.4 is 5.32 Å². The zero-order valence-electron chi connectivity index (χ0n) is 12.5. The summed E-state index contributed by atoms with van der Waals surface area (Å²) in [5.74, 6) is 1.72. The molecule has 0 amide bonds. The van der Waals surface area contributed by atoms with Gasteiger partial charge in [-0.15, -0.1) is 0 Å². The molecule has 2 unspecified atom stereocenters. The molecule has 1 heterocycles. The molecule has 2 rings (SSSR count).